The number of nitrogens with zero attached hydrogens (tertiary/aromatic N) is 1. The normalized spacial score (nSPS) is 15.4. The van der Waals surface area contributed by atoms with Crippen LogP contribution in [0.2, 0.25) is 0 Å². The van der Waals surface area contributed by atoms with Crippen molar-refractivity contribution >= 4 is 29.2 Å². The summed E-state index contributed by atoms with van der Waals surface area (Å²) in [5, 5.41) is 2.65. The van der Waals surface area contributed by atoms with Gasteiger partial charge in [-0.25, -0.2) is 0 Å². The second-order valence-corrected chi connectivity index (χ2v) is 7.77. The first-order valence-corrected chi connectivity index (χ1v) is 9.43. The van der Waals surface area contributed by atoms with Crippen molar-refractivity contribution in [1.82, 2.24) is 4.90 Å². The van der Waals surface area contributed by atoms with E-state index in [0.29, 0.717) is 28.1 Å². The number of fused-ring (bicyclic) bond motifs is 2. The third-order valence-electron chi connectivity index (χ3n) is 5.02. The van der Waals surface area contributed by atoms with Crippen LogP contribution in [0.3, 0.4) is 0 Å². The molecule has 0 saturated carbocycles. The number of carbonyl (C=O) groups is 4. The Balaban J connectivity index is 1.40. The van der Waals surface area contributed by atoms with Crippen molar-refractivity contribution in [3.8, 4) is 5.75 Å². The molecule has 8 heteroatoms. The summed E-state index contributed by atoms with van der Waals surface area (Å²) in [4.78, 5) is 50.5. The Labute approximate surface area is 172 Å². The van der Waals surface area contributed by atoms with Crippen molar-refractivity contribution in [2.75, 3.05) is 25.1 Å². The summed E-state index contributed by atoms with van der Waals surface area (Å²) in [6, 6.07) is 11.4. The van der Waals surface area contributed by atoms with E-state index in [4.69, 9.17) is 9.47 Å². The number of ketones is 1. The van der Waals surface area contributed by atoms with Crippen molar-refractivity contribution in [3.05, 3.63) is 59.2 Å². The predicted molar refractivity (Wildman–Crippen MR) is 107 cm³/mol. The molecule has 0 spiro atoms. The lowest BCUT2D eigenvalue weighted by molar-refractivity contribution is -0.118. The van der Waals surface area contributed by atoms with Gasteiger partial charge in [0.1, 0.15) is 12.4 Å². The molecule has 0 fully saturated rings. The Kier molecular flexibility index (Phi) is 4.87. The standard InChI is InChI=1S/C22H20N2O6/c1-22(2,24-20(27)14-5-3-4-6-15(14)21(24)28)12-29-10-17(25)13-7-8-18-16(9-13)23-19(26)11-30-18/h3-9H,10-12H2,1-2H3,(H,23,26). The van der Waals surface area contributed by atoms with Crippen LogP contribution in [0.1, 0.15) is 44.9 Å². The van der Waals surface area contributed by atoms with E-state index in [1.165, 1.54) is 11.0 Å². The van der Waals surface area contributed by atoms with Gasteiger partial charge in [0.25, 0.3) is 17.7 Å². The van der Waals surface area contributed by atoms with E-state index in [9.17, 15) is 19.2 Å². The van der Waals surface area contributed by atoms with Crippen LogP contribution in [-0.4, -0.2) is 53.8 Å². The highest BCUT2D eigenvalue weighted by Gasteiger charge is 2.44. The summed E-state index contributed by atoms with van der Waals surface area (Å²) >= 11 is 0. The minimum Gasteiger partial charge on any atom is -0.482 e. The zero-order chi connectivity index (χ0) is 21.5. The molecule has 154 valence electrons. The van der Waals surface area contributed by atoms with Crippen LogP contribution in [0.5, 0.6) is 5.75 Å². The SMILES string of the molecule is CC(C)(COCC(=O)c1ccc2c(c1)NC(=O)CO2)N1C(=O)c2ccccc2C1=O. The topological polar surface area (TPSA) is 102 Å². The molecule has 2 aromatic carbocycles. The number of benzene rings is 2. The Morgan fingerprint density at radius 1 is 1.10 bits per heavy atom. The number of amides is 3. The number of rotatable bonds is 6. The molecule has 2 aromatic rings. The van der Waals surface area contributed by atoms with E-state index < -0.39 is 5.54 Å². The smallest absolute Gasteiger partial charge is 0.262 e. The fourth-order valence-corrected chi connectivity index (χ4v) is 3.54. The predicted octanol–water partition coefficient (Wildman–Crippen LogP) is 2.29. The zero-order valence-electron chi connectivity index (χ0n) is 16.6. The summed E-state index contributed by atoms with van der Waals surface area (Å²) < 4.78 is 10.8. The van der Waals surface area contributed by atoms with Gasteiger partial charge in [-0.15, -0.1) is 0 Å². The molecule has 2 heterocycles. The molecule has 0 unspecified atom stereocenters. The van der Waals surface area contributed by atoms with Crippen LogP contribution in [-0.2, 0) is 9.53 Å². The fraction of sp³-hybridized carbons (Fsp3) is 0.273. The highest BCUT2D eigenvalue weighted by atomic mass is 16.5. The lowest BCUT2D eigenvalue weighted by Crippen LogP contribution is -2.50. The van der Waals surface area contributed by atoms with E-state index in [2.05, 4.69) is 5.32 Å². The molecular formula is C22H20N2O6. The molecular weight excluding hydrogens is 388 g/mol. The van der Waals surface area contributed by atoms with Crippen LogP contribution >= 0.6 is 0 Å². The van der Waals surface area contributed by atoms with Crippen molar-refractivity contribution in [2.24, 2.45) is 0 Å². The molecule has 0 atom stereocenters. The zero-order valence-corrected chi connectivity index (χ0v) is 16.6. The Morgan fingerprint density at radius 3 is 2.43 bits per heavy atom. The maximum absolute atomic E-state index is 12.7. The lowest BCUT2D eigenvalue weighted by Gasteiger charge is -2.33. The van der Waals surface area contributed by atoms with Gasteiger partial charge in [0.05, 0.1) is 29.0 Å². The average molecular weight is 408 g/mol. The van der Waals surface area contributed by atoms with Crippen LogP contribution < -0.4 is 10.1 Å². The van der Waals surface area contributed by atoms with Gasteiger partial charge in [-0.3, -0.25) is 24.1 Å². The van der Waals surface area contributed by atoms with Crippen molar-refractivity contribution < 1.29 is 28.7 Å². The highest BCUT2D eigenvalue weighted by molar-refractivity contribution is 6.21. The number of ether oxygens (including phenoxy) is 2. The van der Waals surface area contributed by atoms with Gasteiger partial charge >= 0.3 is 0 Å². The first-order chi connectivity index (χ1) is 14.3. The molecule has 3 amide bonds. The van der Waals surface area contributed by atoms with Gasteiger partial charge in [0.2, 0.25) is 0 Å². The third-order valence-corrected chi connectivity index (χ3v) is 5.02. The molecule has 1 N–H and O–H groups in total. The monoisotopic (exact) mass is 408 g/mol. The second-order valence-electron chi connectivity index (χ2n) is 7.77. The second kappa shape index (κ2) is 7.38. The molecule has 30 heavy (non-hydrogen) atoms. The number of nitrogens with one attached hydrogen (secondary N) is 1. The quantitative estimate of drug-likeness (QED) is 0.581. The Bertz CT molecular complexity index is 1040. The Morgan fingerprint density at radius 2 is 1.77 bits per heavy atom. The van der Waals surface area contributed by atoms with E-state index in [1.54, 1.807) is 50.2 Å². The van der Waals surface area contributed by atoms with Crippen LogP contribution in [0.25, 0.3) is 0 Å². The summed E-state index contributed by atoms with van der Waals surface area (Å²) in [7, 11) is 0. The molecule has 0 aromatic heterocycles. The summed E-state index contributed by atoms with van der Waals surface area (Å²) in [5.74, 6) is -0.831. The number of carbonyl (C=O) groups excluding carboxylic acids is 4. The molecule has 0 radical (unpaired) electrons. The van der Waals surface area contributed by atoms with Crippen molar-refractivity contribution in [1.29, 1.82) is 0 Å². The van der Waals surface area contributed by atoms with E-state index in [0.717, 1.165) is 0 Å². The summed E-state index contributed by atoms with van der Waals surface area (Å²) in [6.07, 6.45) is 0. The van der Waals surface area contributed by atoms with Crippen molar-refractivity contribution in [3.63, 3.8) is 0 Å². The van der Waals surface area contributed by atoms with Gasteiger partial charge in [-0.1, -0.05) is 12.1 Å². The van der Waals surface area contributed by atoms with E-state index >= 15 is 0 Å². The Hall–Kier alpha value is -3.52. The molecule has 2 aliphatic rings. The summed E-state index contributed by atoms with van der Waals surface area (Å²) in [5.41, 5.74) is 0.585. The van der Waals surface area contributed by atoms with Gasteiger partial charge in [-0.2, -0.15) is 0 Å². The van der Waals surface area contributed by atoms with Gasteiger partial charge in [0, 0.05) is 5.56 Å². The first kappa shape index (κ1) is 19.8. The number of hydrogen-bond donors (Lipinski definition) is 1. The maximum atomic E-state index is 12.7. The number of Topliss-reactive ketones (excluding diaryl/α,β-unsaturated/α-hetero) is 1. The van der Waals surface area contributed by atoms with Crippen LogP contribution in [0.4, 0.5) is 5.69 Å². The van der Waals surface area contributed by atoms with Crippen molar-refractivity contribution in [2.45, 2.75) is 19.4 Å². The maximum Gasteiger partial charge on any atom is 0.262 e. The third kappa shape index (κ3) is 3.46. The van der Waals surface area contributed by atoms with Gasteiger partial charge in [0.15, 0.2) is 12.4 Å². The van der Waals surface area contributed by atoms with Crippen LogP contribution in [0.15, 0.2) is 42.5 Å². The van der Waals surface area contributed by atoms with Gasteiger partial charge < -0.3 is 14.8 Å². The average Bonchev–Trinajstić information content (AvgIpc) is 2.98. The minimum atomic E-state index is -0.939. The molecule has 4 rings (SSSR count). The van der Waals surface area contributed by atoms with Crippen LogP contribution in [0, 0.1) is 0 Å². The number of imide groups is 1. The van der Waals surface area contributed by atoms with E-state index in [1.807, 2.05) is 0 Å². The molecule has 0 aliphatic carbocycles. The largest absolute Gasteiger partial charge is 0.482 e. The first-order valence-electron chi connectivity index (χ1n) is 9.43. The molecule has 8 nitrogen and oxygen atoms in total. The number of hydrogen-bond acceptors (Lipinski definition) is 6. The minimum absolute atomic E-state index is 0.00496. The highest BCUT2D eigenvalue weighted by Crippen LogP contribution is 2.30. The lowest BCUT2D eigenvalue weighted by atomic mass is 10.0. The molecule has 2 aliphatic heterocycles. The number of anilines is 1. The molecule has 0 saturated heterocycles. The fourth-order valence-electron chi connectivity index (χ4n) is 3.54. The summed E-state index contributed by atoms with van der Waals surface area (Å²) in [6.45, 7) is 3.13. The van der Waals surface area contributed by atoms with E-state index in [-0.39, 0.29) is 43.3 Å². The molecule has 0 bridgehead atoms. The van der Waals surface area contributed by atoms with Gasteiger partial charge in [-0.05, 0) is 44.2 Å².